The zero-order valence-corrected chi connectivity index (χ0v) is 15.2. The fourth-order valence-electron chi connectivity index (χ4n) is 2.44. The van der Waals surface area contributed by atoms with Crippen molar-refractivity contribution >= 4 is 15.9 Å². The minimum atomic E-state index is -3.39. The van der Waals surface area contributed by atoms with Gasteiger partial charge in [0.25, 0.3) is 0 Å². The molecule has 1 aliphatic carbocycles. The number of carbonyl (C=O) groups excluding carboxylic acids is 1. The number of sulfonamides is 1. The van der Waals surface area contributed by atoms with Crippen LogP contribution in [0.25, 0.3) is 0 Å². The lowest BCUT2D eigenvalue weighted by molar-refractivity contribution is -0.120. The first kappa shape index (κ1) is 18.9. The lowest BCUT2D eigenvalue weighted by Gasteiger charge is -2.13. The molecule has 24 heavy (non-hydrogen) atoms. The summed E-state index contributed by atoms with van der Waals surface area (Å²) in [6, 6.07) is 7.14. The Labute approximate surface area is 144 Å². The molecule has 134 valence electrons. The summed E-state index contributed by atoms with van der Waals surface area (Å²) in [4.78, 5) is 11.9. The minimum absolute atomic E-state index is 0.0754. The molecule has 0 unspecified atom stereocenters. The monoisotopic (exact) mass is 353 g/mol. The molecule has 1 aromatic rings. The molecule has 2 rings (SSSR count). The highest BCUT2D eigenvalue weighted by molar-refractivity contribution is 7.88. The van der Waals surface area contributed by atoms with Gasteiger partial charge in [-0.1, -0.05) is 24.3 Å². The summed E-state index contributed by atoms with van der Waals surface area (Å²) in [5, 5.41) is 5.98. The third-order valence-corrected chi connectivity index (χ3v) is 5.29. The van der Waals surface area contributed by atoms with Gasteiger partial charge in [0.2, 0.25) is 15.9 Å². The van der Waals surface area contributed by atoms with Crippen LogP contribution in [-0.2, 0) is 27.1 Å². The van der Waals surface area contributed by atoms with Crippen LogP contribution in [0.2, 0.25) is 0 Å². The predicted molar refractivity (Wildman–Crippen MR) is 94.8 cm³/mol. The van der Waals surface area contributed by atoms with Crippen molar-refractivity contribution in [1.29, 1.82) is 0 Å². The molecule has 0 atom stereocenters. The number of rotatable bonds is 10. The van der Waals surface area contributed by atoms with Crippen molar-refractivity contribution in [2.75, 3.05) is 13.1 Å². The fourth-order valence-corrected chi connectivity index (χ4v) is 3.94. The van der Waals surface area contributed by atoms with Crippen LogP contribution in [-0.4, -0.2) is 33.5 Å². The normalized spacial score (nSPS) is 14.8. The molecule has 0 bridgehead atoms. The molecular weight excluding hydrogens is 326 g/mol. The number of amides is 1. The van der Waals surface area contributed by atoms with E-state index in [4.69, 9.17) is 0 Å². The first-order chi connectivity index (χ1) is 11.4. The zero-order valence-electron chi connectivity index (χ0n) is 14.3. The standard InChI is InChI=1S/C17H27N3O3S/c1-13(2)20-24(22,23)12-16-6-4-3-5-15(16)10-19-17(21)11-18-9-14-7-8-14/h3-6,13-14,18,20H,7-12H2,1-2H3,(H,19,21). The lowest BCUT2D eigenvalue weighted by atomic mass is 10.1. The molecule has 1 fully saturated rings. The van der Waals surface area contributed by atoms with E-state index >= 15 is 0 Å². The highest BCUT2D eigenvalue weighted by Crippen LogP contribution is 2.27. The second kappa shape index (κ2) is 8.60. The Hall–Kier alpha value is -1.44. The first-order valence-corrected chi connectivity index (χ1v) is 10.0. The summed E-state index contributed by atoms with van der Waals surface area (Å²) in [5.41, 5.74) is 1.53. The maximum absolute atomic E-state index is 12.1. The number of nitrogens with one attached hydrogen (secondary N) is 3. The van der Waals surface area contributed by atoms with E-state index in [1.54, 1.807) is 19.9 Å². The van der Waals surface area contributed by atoms with Gasteiger partial charge < -0.3 is 10.6 Å². The van der Waals surface area contributed by atoms with E-state index in [9.17, 15) is 13.2 Å². The predicted octanol–water partition coefficient (Wildman–Crippen LogP) is 1.13. The van der Waals surface area contributed by atoms with Crippen LogP contribution in [0.3, 0.4) is 0 Å². The number of carbonyl (C=O) groups is 1. The molecule has 0 heterocycles. The van der Waals surface area contributed by atoms with Crippen molar-refractivity contribution < 1.29 is 13.2 Å². The Morgan fingerprint density at radius 1 is 1.21 bits per heavy atom. The molecule has 0 saturated heterocycles. The SMILES string of the molecule is CC(C)NS(=O)(=O)Cc1ccccc1CNC(=O)CNCC1CC1. The van der Waals surface area contributed by atoms with Crippen LogP contribution in [0, 0.1) is 5.92 Å². The van der Waals surface area contributed by atoms with E-state index in [-0.39, 0.29) is 17.7 Å². The molecule has 3 N–H and O–H groups in total. The number of hydrogen-bond donors (Lipinski definition) is 3. The third-order valence-electron chi connectivity index (χ3n) is 3.77. The Kier molecular flexibility index (Phi) is 6.77. The average Bonchev–Trinajstić information content (AvgIpc) is 3.28. The smallest absolute Gasteiger partial charge is 0.234 e. The molecule has 1 saturated carbocycles. The Morgan fingerprint density at radius 2 is 1.88 bits per heavy atom. The topological polar surface area (TPSA) is 87.3 Å². The van der Waals surface area contributed by atoms with Crippen LogP contribution in [0.4, 0.5) is 0 Å². The Morgan fingerprint density at radius 3 is 2.50 bits per heavy atom. The summed E-state index contributed by atoms with van der Waals surface area (Å²) in [7, 11) is -3.39. The van der Waals surface area contributed by atoms with Gasteiger partial charge in [-0.25, -0.2) is 13.1 Å². The molecule has 1 aliphatic rings. The van der Waals surface area contributed by atoms with Gasteiger partial charge in [0.15, 0.2) is 0 Å². The van der Waals surface area contributed by atoms with E-state index in [1.165, 1.54) is 12.8 Å². The summed E-state index contributed by atoms with van der Waals surface area (Å²) in [6.45, 7) is 5.10. The minimum Gasteiger partial charge on any atom is -0.351 e. The largest absolute Gasteiger partial charge is 0.351 e. The van der Waals surface area contributed by atoms with E-state index in [0.717, 1.165) is 18.0 Å². The Balaban J connectivity index is 1.87. The van der Waals surface area contributed by atoms with Crippen LogP contribution >= 0.6 is 0 Å². The second-order valence-electron chi connectivity index (χ2n) is 6.65. The van der Waals surface area contributed by atoms with E-state index in [1.807, 2.05) is 18.2 Å². The summed E-state index contributed by atoms with van der Waals surface area (Å²) >= 11 is 0. The molecular formula is C17H27N3O3S. The highest BCUT2D eigenvalue weighted by atomic mass is 32.2. The molecule has 0 aliphatic heterocycles. The summed E-state index contributed by atoms with van der Waals surface area (Å²) in [6.07, 6.45) is 2.50. The van der Waals surface area contributed by atoms with Gasteiger partial charge in [-0.05, 0) is 50.3 Å². The van der Waals surface area contributed by atoms with Gasteiger partial charge in [0.05, 0.1) is 12.3 Å². The van der Waals surface area contributed by atoms with Gasteiger partial charge in [-0.2, -0.15) is 0 Å². The van der Waals surface area contributed by atoms with E-state index in [2.05, 4.69) is 15.4 Å². The van der Waals surface area contributed by atoms with E-state index < -0.39 is 10.0 Å². The number of benzene rings is 1. The fraction of sp³-hybridized carbons (Fsp3) is 0.588. The van der Waals surface area contributed by atoms with Crippen molar-refractivity contribution in [1.82, 2.24) is 15.4 Å². The highest BCUT2D eigenvalue weighted by Gasteiger charge is 2.20. The average molecular weight is 353 g/mol. The van der Waals surface area contributed by atoms with Gasteiger partial charge in [-0.15, -0.1) is 0 Å². The molecule has 1 aromatic carbocycles. The van der Waals surface area contributed by atoms with Crippen LogP contribution in [0.5, 0.6) is 0 Å². The van der Waals surface area contributed by atoms with Crippen molar-refractivity contribution in [3.63, 3.8) is 0 Å². The maximum atomic E-state index is 12.1. The molecule has 0 radical (unpaired) electrons. The van der Waals surface area contributed by atoms with Crippen molar-refractivity contribution in [3.8, 4) is 0 Å². The van der Waals surface area contributed by atoms with Crippen LogP contribution in [0.15, 0.2) is 24.3 Å². The third kappa shape index (κ3) is 6.98. The van der Waals surface area contributed by atoms with Crippen LogP contribution < -0.4 is 15.4 Å². The summed E-state index contributed by atoms with van der Waals surface area (Å²) < 4.78 is 26.8. The van der Waals surface area contributed by atoms with Crippen molar-refractivity contribution in [2.24, 2.45) is 5.92 Å². The number of hydrogen-bond acceptors (Lipinski definition) is 4. The lowest BCUT2D eigenvalue weighted by Crippen LogP contribution is -2.35. The maximum Gasteiger partial charge on any atom is 0.234 e. The van der Waals surface area contributed by atoms with Gasteiger partial charge >= 0.3 is 0 Å². The molecule has 6 nitrogen and oxygen atoms in total. The molecule has 0 spiro atoms. The molecule has 7 heteroatoms. The van der Waals surface area contributed by atoms with Crippen molar-refractivity contribution in [2.45, 2.75) is 45.0 Å². The molecule has 0 aromatic heterocycles. The second-order valence-corrected chi connectivity index (χ2v) is 8.41. The zero-order chi connectivity index (χ0) is 17.6. The molecule has 1 amide bonds. The van der Waals surface area contributed by atoms with Crippen LogP contribution in [0.1, 0.15) is 37.8 Å². The Bertz CT molecular complexity index is 655. The van der Waals surface area contributed by atoms with Gasteiger partial charge in [0, 0.05) is 12.6 Å². The summed E-state index contributed by atoms with van der Waals surface area (Å²) in [5.74, 6) is 0.572. The van der Waals surface area contributed by atoms with Gasteiger partial charge in [0.1, 0.15) is 0 Å². The van der Waals surface area contributed by atoms with Crippen molar-refractivity contribution in [3.05, 3.63) is 35.4 Å². The first-order valence-electron chi connectivity index (χ1n) is 8.40. The quantitative estimate of drug-likeness (QED) is 0.588. The van der Waals surface area contributed by atoms with E-state index in [0.29, 0.717) is 18.7 Å². The van der Waals surface area contributed by atoms with Gasteiger partial charge in [-0.3, -0.25) is 4.79 Å².